The van der Waals surface area contributed by atoms with Gasteiger partial charge in [-0.05, 0) is 37.8 Å². The van der Waals surface area contributed by atoms with Crippen LogP contribution >= 0.6 is 11.8 Å². The summed E-state index contributed by atoms with van der Waals surface area (Å²) in [5.74, 6) is -0.237. The van der Waals surface area contributed by atoms with E-state index in [1.165, 1.54) is 17.8 Å². The number of amides is 1. The lowest BCUT2D eigenvalue weighted by molar-refractivity contribution is -0.387. The highest BCUT2D eigenvalue weighted by Gasteiger charge is 2.22. The number of thioether (sulfide) groups is 1. The maximum atomic E-state index is 12.7. The number of nitro benzene ring substituents is 1. The van der Waals surface area contributed by atoms with Crippen molar-refractivity contribution in [3.8, 4) is 0 Å². The molecule has 5 nitrogen and oxygen atoms in total. The summed E-state index contributed by atoms with van der Waals surface area (Å²) < 4.78 is 0. The molecule has 0 fully saturated rings. The summed E-state index contributed by atoms with van der Waals surface area (Å²) in [6, 6.07) is 12.5. The minimum absolute atomic E-state index is 0.0373. The molecule has 2 aromatic rings. The van der Waals surface area contributed by atoms with Crippen LogP contribution in [0, 0.1) is 17.0 Å². The van der Waals surface area contributed by atoms with E-state index in [9.17, 15) is 14.9 Å². The number of carbonyl (C=O) groups excluding carboxylic acids is 1. The monoisotopic (exact) mass is 344 g/mol. The highest BCUT2D eigenvalue weighted by Crippen LogP contribution is 2.29. The summed E-state index contributed by atoms with van der Waals surface area (Å²) in [5.41, 5.74) is 2.46. The molecule has 24 heavy (non-hydrogen) atoms. The van der Waals surface area contributed by atoms with E-state index in [0.717, 1.165) is 11.1 Å². The maximum Gasteiger partial charge on any atom is 0.283 e. The van der Waals surface area contributed by atoms with Crippen LogP contribution < -0.4 is 0 Å². The molecule has 2 aromatic carbocycles. The van der Waals surface area contributed by atoms with Crippen molar-refractivity contribution in [2.24, 2.45) is 0 Å². The molecule has 0 aliphatic heterocycles. The number of nitro groups is 1. The molecule has 0 aliphatic rings. The number of benzene rings is 2. The third-order valence-electron chi connectivity index (χ3n) is 4.08. The first-order valence-electron chi connectivity index (χ1n) is 7.51. The molecule has 0 aromatic heterocycles. The molecule has 0 heterocycles. The fourth-order valence-electron chi connectivity index (χ4n) is 2.41. The molecule has 0 saturated heterocycles. The summed E-state index contributed by atoms with van der Waals surface area (Å²) in [5, 5.41) is 11.2. The molecule has 0 N–H and O–H groups in total. The van der Waals surface area contributed by atoms with E-state index in [-0.39, 0.29) is 17.6 Å². The van der Waals surface area contributed by atoms with Gasteiger partial charge in [0, 0.05) is 18.7 Å². The second-order valence-corrected chi connectivity index (χ2v) is 6.49. The number of hydrogen-bond acceptors (Lipinski definition) is 4. The summed E-state index contributed by atoms with van der Waals surface area (Å²) in [6.45, 7) is 3.95. The molecular formula is C18H20N2O3S. The van der Waals surface area contributed by atoms with Crippen LogP contribution in [-0.2, 0) is 0 Å². The Kier molecular flexibility index (Phi) is 5.62. The number of carbonyl (C=O) groups is 1. The van der Waals surface area contributed by atoms with Gasteiger partial charge in [0.25, 0.3) is 11.6 Å². The van der Waals surface area contributed by atoms with Crippen molar-refractivity contribution < 1.29 is 9.72 Å². The van der Waals surface area contributed by atoms with E-state index in [0.29, 0.717) is 10.5 Å². The zero-order valence-corrected chi connectivity index (χ0v) is 15.0. The van der Waals surface area contributed by atoms with E-state index < -0.39 is 4.92 Å². The Morgan fingerprint density at radius 1 is 1.21 bits per heavy atom. The van der Waals surface area contributed by atoms with Crippen LogP contribution in [0.1, 0.15) is 34.5 Å². The smallest absolute Gasteiger partial charge is 0.283 e. The molecule has 0 aliphatic carbocycles. The minimum atomic E-state index is -0.452. The molecule has 0 radical (unpaired) electrons. The third-order valence-corrected chi connectivity index (χ3v) is 4.87. The quantitative estimate of drug-likeness (QED) is 0.456. The molecule has 6 heteroatoms. The fourth-order valence-corrected chi connectivity index (χ4v) is 2.96. The van der Waals surface area contributed by atoms with Crippen LogP contribution in [0.25, 0.3) is 0 Å². The number of nitrogens with zero attached hydrogens (tertiary/aromatic N) is 2. The molecule has 2 rings (SSSR count). The van der Waals surface area contributed by atoms with Crippen molar-refractivity contribution in [1.82, 2.24) is 4.90 Å². The Labute approximate surface area is 145 Å². The van der Waals surface area contributed by atoms with Gasteiger partial charge in [0.1, 0.15) is 0 Å². The van der Waals surface area contributed by atoms with Crippen LogP contribution in [0.15, 0.2) is 47.4 Å². The van der Waals surface area contributed by atoms with Gasteiger partial charge in [0.05, 0.1) is 15.9 Å². The zero-order chi connectivity index (χ0) is 17.9. The molecule has 1 amide bonds. The Morgan fingerprint density at radius 3 is 2.38 bits per heavy atom. The Bertz CT molecular complexity index is 759. The van der Waals surface area contributed by atoms with E-state index in [2.05, 4.69) is 0 Å². The molecule has 1 atom stereocenters. The maximum absolute atomic E-state index is 12.7. The number of aryl methyl sites for hydroxylation is 1. The molecule has 0 spiro atoms. The van der Waals surface area contributed by atoms with Crippen LogP contribution in [-0.4, -0.2) is 29.0 Å². The van der Waals surface area contributed by atoms with Crippen molar-refractivity contribution in [3.05, 3.63) is 69.3 Å². The summed E-state index contributed by atoms with van der Waals surface area (Å²) in [7, 11) is 1.71. The summed E-state index contributed by atoms with van der Waals surface area (Å²) in [4.78, 5) is 25.6. The van der Waals surface area contributed by atoms with Gasteiger partial charge in [0.2, 0.25) is 0 Å². The van der Waals surface area contributed by atoms with Gasteiger partial charge < -0.3 is 4.90 Å². The second-order valence-electron chi connectivity index (χ2n) is 5.65. The van der Waals surface area contributed by atoms with E-state index in [1.807, 2.05) is 38.1 Å². The van der Waals surface area contributed by atoms with E-state index in [4.69, 9.17) is 0 Å². The van der Waals surface area contributed by atoms with Gasteiger partial charge in [0.15, 0.2) is 0 Å². The van der Waals surface area contributed by atoms with Crippen molar-refractivity contribution in [2.75, 3.05) is 13.3 Å². The van der Waals surface area contributed by atoms with Crippen molar-refractivity contribution in [3.63, 3.8) is 0 Å². The lowest BCUT2D eigenvalue weighted by Gasteiger charge is -2.25. The topological polar surface area (TPSA) is 63.5 Å². The lowest BCUT2D eigenvalue weighted by atomic mass is 10.0. The lowest BCUT2D eigenvalue weighted by Crippen LogP contribution is -2.29. The van der Waals surface area contributed by atoms with Crippen LogP contribution in [0.2, 0.25) is 0 Å². The molecule has 1 unspecified atom stereocenters. The van der Waals surface area contributed by atoms with E-state index in [1.54, 1.807) is 30.3 Å². The van der Waals surface area contributed by atoms with Gasteiger partial charge in [-0.1, -0.05) is 29.8 Å². The van der Waals surface area contributed by atoms with Gasteiger partial charge in [-0.25, -0.2) is 0 Å². The first-order valence-corrected chi connectivity index (χ1v) is 8.73. The highest BCUT2D eigenvalue weighted by atomic mass is 32.2. The number of hydrogen-bond donors (Lipinski definition) is 0. The van der Waals surface area contributed by atoms with Crippen molar-refractivity contribution >= 4 is 23.4 Å². The molecular weight excluding hydrogens is 324 g/mol. The van der Waals surface area contributed by atoms with Crippen molar-refractivity contribution in [2.45, 2.75) is 24.8 Å². The predicted octanol–water partition coefficient (Wildman–Crippen LogP) is 4.46. The molecule has 0 bridgehead atoms. The predicted molar refractivity (Wildman–Crippen MR) is 96.6 cm³/mol. The molecule has 0 saturated carbocycles. The van der Waals surface area contributed by atoms with Crippen LogP contribution in [0.5, 0.6) is 0 Å². The largest absolute Gasteiger partial charge is 0.335 e. The van der Waals surface area contributed by atoms with Gasteiger partial charge >= 0.3 is 0 Å². The Hall–Kier alpha value is -2.34. The Balaban J connectivity index is 2.28. The Morgan fingerprint density at radius 2 is 1.83 bits per heavy atom. The average molecular weight is 344 g/mol. The van der Waals surface area contributed by atoms with Crippen LogP contribution in [0.3, 0.4) is 0 Å². The first-order chi connectivity index (χ1) is 11.3. The zero-order valence-electron chi connectivity index (χ0n) is 14.1. The highest BCUT2D eigenvalue weighted by molar-refractivity contribution is 7.98. The van der Waals surface area contributed by atoms with Crippen LogP contribution in [0.4, 0.5) is 5.69 Å². The van der Waals surface area contributed by atoms with Gasteiger partial charge in [-0.2, -0.15) is 0 Å². The van der Waals surface area contributed by atoms with E-state index >= 15 is 0 Å². The first kappa shape index (κ1) is 18.0. The third kappa shape index (κ3) is 3.76. The summed E-state index contributed by atoms with van der Waals surface area (Å²) in [6.07, 6.45) is 1.77. The average Bonchev–Trinajstić information content (AvgIpc) is 2.59. The van der Waals surface area contributed by atoms with Crippen molar-refractivity contribution in [1.29, 1.82) is 0 Å². The second kappa shape index (κ2) is 7.49. The minimum Gasteiger partial charge on any atom is -0.335 e. The van der Waals surface area contributed by atoms with Gasteiger partial charge in [-0.3, -0.25) is 14.9 Å². The fraction of sp³-hybridized carbons (Fsp3) is 0.278. The van der Waals surface area contributed by atoms with Gasteiger partial charge in [-0.15, -0.1) is 11.8 Å². The standard InChI is InChI=1S/C18H20N2O3S/c1-12-5-7-14(8-6-12)13(2)19(3)18(21)15-9-10-17(24-4)16(11-15)20(22)23/h5-11,13H,1-4H3. The SMILES string of the molecule is CSc1ccc(C(=O)N(C)C(C)c2ccc(C)cc2)cc1[N+](=O)[O-]. The normalized spacial score (nSPS) is 11.8. The summed E-state index contributed by atoms with van der Waals surface area (Å²) >= 11 is 1.29. The number of rotatable bonds is 5. The molecule has 126 valence electrons.